The van der Waals surface area contributed by atoms with Crippen LogP contribution in [0.3, 0.4) is 0 Å². The highest BCUT2D eigenvalue weighted by molar-refractivity contribution is 7.17. The van der Waals surface area contributed by atoms with Gasteiger partial charge >= 0.3 is 0 Å². The molecule has 160 valence electrons. The SMILES string of the molecule is COc1ccc([C@H](c2sc3ncnn3c2O)[NH+]2CCC(Cc3ccccc3)CC2)cc1. The van der Waals surface area contributed by atoms with Crippen LogP contribution < -0.4 is 9.64 Å². The van der Waals surface area contributed by atoms with Gasteiger partial charge in [-0.2, -0.15) is 9.61 Å². The highest BCUT2D eigenvalue weighted by Crippen LogP contribution is 2.35. The molecule has 0 radical (unpaired) electrons. The molecule has 3 heterocycles. The number of piperidine rings is 1. The van der Waals surface area contributed by atoms with Crippen molar-refractivity contribution in [3.8, 4) is 11.6 Å². The van der Waals surface area contributed by atoms with Crippen LogP contribution in [0, 0.1) is 5.92 Å². The summed E-state index contributed by atoms with van der Waals surface area (Å²) in [6.45, 7) is 2.14. The Hall–Kier alpha value is -2.90. The number of quaternary nitrogens is 1. The molecule has 1 aliphatic rings. The van der Waals surface area contributed by atoms with Crippen molar-refractivity contribution in [2.45, 2.75) is 25.3 Å². The first-order valence-corrected chi connectivity index (χ1v) is 11.6. The van der Waals surface area contributed by atoms with Crippen LogP contribution in [0.2, 0.25) is 0 Å². The first-order chi connectivity index (χ1) is 15.2. The van der Waals surface area contributed by atoms with E-state index in [2.05, 4.69) is 52.5 Å². The standard InChI is InChI=1S/C24H26N4O2S/c1-30-20-9-7-19(8-10-20)21(22-23(29)28-24(31-22)25-16-26-28)27-13-11-18(12-14-27)15-17-5-3-2-4-6-17/h2-10,16,18,21,29H,11-15H2,1H3/p+1/t21-/m1/s1. The fraction of sp³-hybridized carbons (Fsp3) is 0.333. The summed E-state index contributed by atoms with van der Waals surface area (Å²) in [5.41, 5.74) is 2.60. The van der Waals surface area contributed by atoms with Gasteiger partial charge < -0.3 is 14.7 Å². The minimum atomic E-state index is 0.0529. The van der Waals surface area contributed by atoms with Gasteiger partial charge in [-0.15, -0.1) is 0 Å². The van der Waals surface area contributed by atoms with E-state index in [1.807, 2.05) is 12.1 Å². The predicted molar refractivity (Wildman–Crippen MR) is 121 cm³/mol. The molecule has 2 aromatic carbocycles. The van der Waals surface area contributed by atoms with Crippen molar-refractivity contribution in [3.05, 3.63) is 76.9 Å². The largest absolute Gasteiger partial charge is 0.497 e. The molecular weight excluding hydrogens is 408 g/mol. The lowest BCUT2D eigenvalue weighted by molar-refractivity contribution is -0.931. The first kappa shape index (κ1) is 20.0. The molecule has 0 saturated carbocycles. The highest BCUT2D eigenvalue weighted by atomic mass is 32.1. The Morgan fingerprint density at radius 2 is 1.87 bits per heavy atom. The van der Waals surface area contributed by atoms with E-state index in [-0.39, 0.29) is 11.9 Å². The number of likely N-dealkylation sites (tertiary alicyclic amines) is 1. The molecule has 0 spiro atoms. The van der Waals surface area contributed by atoms with Crippen molar-refractivity contribution in [3.63, 3.8) is 0 Å². The number of thiazole rings is 1. The van der Waals surface area contributed by atoms with Crippen LogP contribution in [-0.2, 0) is 6.42 Å². The highest BCUT2D eigenvalue weighted by Gasteiger charge is 2.35. The number of aromatic hydroxyl groups is 1. The fourth-order valence-electron chi connectivity index (χ4n) is 4.74. The van der Waals surface area contributed by atoms with Crippen LogP contribution in [0.15, 0.2) is 60.9 Å². The lowest BCUT2D eigenvalue weighted by atomic mass is 9.89. The van der Waals surface area contributed by atoms with Crippen LogP contribution in [0.4, 0.5) is 0 Å². The molecule has 0 bridgehead atoms. The van der Waals surface area contributed by atoms with Crippen molar-refractivity contribution in [2.24, 2.45) is 5.92 Å². The molecule has 7 heteroatoms. The zero-order valence-electron chi connectivity index (χ0n) is 17.6. The van der Waals surface area contributed by atoms with Gasteiger partial charge in [0.25, 0.3) is 0 Å². The van der Waals surface area contributed by atoms with E-state index in [9.17, 15) is 5.11 Å². The summed E-state index contributed by atoms with van der Waals surface area (Å²) in [5, 5.41) is 15.1. The number of fused-ring (bicyclic) bond motifs is 1. The van der Waals surface area contributed by atoms with Gasteiger partial charge in [-0.1, -0.05) is 41.7 Å². The second-order valence-electron chi connectivity index (χ2n) is 8.24. The molecule has 4 aromatic rings. The molecule has 31 heavy (non-hydrogen) atoms. The van der Waals surface area contributed by atoms with E-state index in [0.29, 0.717) is 5.92 Å². The molecule has 1 saturated heterocycles. The van der Waals surface area contributed by atoms with Gasteiger partial charge in [-0.05, 0) is 55.0 Å². The smallest absolute Gasteiger partial charge is 0.235 e. The summed E-state index contributed by atoms with van der Waals surface area (Å²) in [6.07, 6.45) is 4.99. The van der Waals surface area contributed by atoms with Crippen LogP contribution >= 0.6 is 11.3 Å². The van der Waals surface area contributed by atoms with Crippen molar-refractivity contribution >= 4 is 16.3 Å². The second-order valence-corrected chi connectivity index (χ2v) is 9.25. The summed E-state index contributed by atoms with van der Waals surface area (Å²) in [7, 11) is 1.68. The number of nitrogens with one attached hydrogen (secondary N) is 1. The van der Waals surface area contributed by atoms with Gasteiger partial charge in [-0.25, -0.2) is 4.98 Å². The third-order valence-corrected chi connectivity index (χ3v) is 7.47. The topological polar surface area (TPSA) is 64.1 Å². The lowest BCUT2D eigenvalue weighted by Gasteiger charge is -2.34. The van der Waals surface area contributed by atoms with Crippen LogP contribution in [0.5, 0.6) is 11.6 Å². The Morgan fingerprint density at radius 1 is 1.13 bits per heavy atom. The average molecular weight is 436 g/mol. The second kappa shape index (κ2) is 8.69. The summed E-state index contributed by atoms with van der Waals surface area (Å²) in [4.78, 5) is 7.42. The minimum Gasteiger partial charge on any atom is -0.497 e. The van der Waals surface area contributed by atoms with Gasteiger partial charge in [0.1, 0.15) is 17.0 Å². The van der Waals surface area contributed by atoms with Gasteiger partial charge in [0.05, 0.1) is 20.2 Å². The van der Waals surface area contributed by atoms with Crippen molar-refractivity contribution in [2.75, 3.05) is 20.2 Å². The summed E-state index contributed by atoms with van der Waals surface area (Å²) in [6, 6.07) is 19.1. The fourth-order valence-corrected chi connectivity index (χ4v) is 5.85. The molecule has 6 nitrogen and oxygen atoms in total. The van der Waals surface area contributed by atoms with Crippen LogP contribution in [0.1, 0.15) is 34.9 Å². The number of hydrogen-bond donors (Lipinski definition) is 2. The number of benzene rings is 2. The van der Waals surface area contributed by atoms with E-state index in [0.717, 1.165) is 35.1 Å². The van der Waals surface area contributed by atoms with Crippen molar-refractivity contribution in [1.82, 2.24) is 14.6 Å². The van der Waals surface area contributed by atoms with E-state index in [1.54, 1.807) is 7.11 Å². The Kier molecular flexibility index (Phi) is 5.61. The summed E-state index contributed by atoms with van der Waals surface area (Å²) >= 11 is 1.53. The number of aromatic nitrogens is 3. The quantitative estimate of drug-likeness (QED) is 0.488. The molecule has 2 N–H and O–H groups in total. The molecule has 5 rings (SSSR count). The van der Waals surface area contributed by atoms with Crippen LogP contribution in [0.25, 0.3) is 4.96 Å². The number of hydrogen-bond acceptors (Lipinski definition) is 5. The van der Waals surface area contributed by atoms with Crippen molar-refractivity contribution in [1.29, 1.82) is 0 Å². The molecule has 2 aromatic heterocycles. The molecule has 0 aliphatic carbocycles. The minimum absolute atomic E-state index is 0.0529. The van der Waals surface area contributed by atoms with E-state index in [4.69, 9.17) is 4.74 Å². The van der Waals surface area contributed by atoms with E-state index >= 15 is 0 Å². The van der Waals surface area contributed by atoms with E-state index < -0.39 is 0 Å². The zero-order chi connectivity index (χ0) is 21.2. The predicted octanol–water partition coefficient (Wildman–Crippen LogP) is 3.13. The number of nitrogens with zero attached hydrogens (tertiary/aromatic N) is 3. The maximum absolute atomic E-state index is 10.9. The molecule has 1 atom stereocenters. The third kappa shape index (κ3) is 4.03. The van der Waals surface area contributed by atoms with Crippen molar-refractivity contribution < 1.29 is 14.7 Å². The monoisotopic (exact) mass is 435 g/mol. The van der Waals surface area contributed by atoms with Gasteiger partial charge in [0.2, 0.25) is 10.8 Å². The van der Waals surface area contributed by atoms with Gasteiger partial charge in [-0.3, -0.25) is 0 Å². The first-order valence-electron chi connectivity index (χ1n) is 10.8. The van der Waals surface area contributed by atoms with Gasteiger partial charge in [0, 0.05) is 5.56 Å². The third-order valence-electron chi connectivity index (χ3n) is 6.37. The normalized spacial score (nSPS) is 20.0. The Balaban J connectivity index is 1.41. The van der Waals surface area contributed by atoms with Crippen LogP contribution in [-0.4, -0.2) is 39.9 Å². The molecule has 1 fully saturated rings. The zero-order valence-corrected chi connectivity index (χ0v) is 18.4. The Bertz CT molecular complexity index is 1130. The molecule has 0 amide bonds. The lowest BCUT2D eigenvalue weighted by Crippen LogP contribution is -3.13. The Labute approximate surface area is 185 Å². The number of methoxy groups -OCH3 is 1. The maximum Gasteiger partial charge on any atom is 0.235 e. The molecule has 0 unspecified atom stereocenters. The Morgan fingerprint density at radius 3 is 2.55 bits per heavy atom. The number of rotatable bonds is 6. The summed E-state index contributed by atoms with van der Waals surface area (Å²) < 4.78 is 6.89. The average Bonchev–Trinajstić information content (AvgIpc) is 3.40. The maximum atomic E-state index is 10.9. The summed E-state index contributed by atoms with van der Waals surface area (Å²) in [5.74, 6) is 1.75. The number of ether oxygens (including phenoxy) is 1. The van der Waals surface area contributed by atoms with E-state index in [1.165, 1.54) is 51.0 Å². The molecular formula is C24H27N4O2S+. The molecule has 1 aliphatic heterocycles. The van der Waals surface area contributed by atoms with Gasteiger partial charge in [0.15, 0.2) is 6.04 Å².